The highest BCUT2D eigenvalue weighted by atomic mass is 35.5. The molecule has 3 aromatic rings. The smallest absolute Gasteiger partial charge is 0.136 e. The fourth-order valence-electron chi connectivity index (χ4n) is 4.82. The number of carbonyl (C=O) groups is 3. The number of benzene rings is 3. The van der Waals surface area contributed by atoms with E-state index < -0.39 is 0 Å². The first-order valence-corrected chi connectivity index (χ1v) is 17.7. The van der Waals surface area contributed by atoms with Crippen LogP contribution >= 0.6 is 11.6 Å². The number of ketones is 3. The van der Waals surface area contributed by atoms with Crippen molar-refractivity contribution in [1.29, 1.82) is 0 Å². The molecule has 7 heteroatoms. The Labute approximate surface area is 303 Å². The van der Waals surface area contributed by atoms with Gasteiger partial charge in [-0.2, -0.15) is 0 Å². The highest BCUT2D eigenvalue weighted by Gasteiger charge is 2.47. The maximum absolute atomic E-state index is 11.5. The molecule has 0 saturated heterocycles. The average Bonchev–Trinajstić information content (AvgIpc) is 3.40. The third kappa shape index (κ3) is 20.6. The van der Waals surface area contributed by atoms with Gasteiger partial charge in [0.1, 0.15) is 23.1 Å². The predicted molar refractivity (Wildman–Crippen MR) is 211 cm³/mol. The van der Waals surface area contributed by atoms with Gasteiger partial charge in [0.05, 0.1) is 10.7 Å². The van der Waals surface area contributed by atoms with Crippen LogP contribution in [0.15, 0.2) is 72.8 Å². The zero-order valence-corrected chi connectivity index (χ0v) is 33.4. The number of phenols is 1. The van der Waals surface area contributed by atoms with E-state index in [1.165, 1.54) is 16.7 Å². The van der Waals surface area contributed by atoms with Crippen LogP contribution in [0.1, 0.15) is 91.3 Å². The number of halogens is 1. The maximum Gasteiger partial charge on any atom is 0.136 e. The lowest BCUT2D eigenvalue weighted by Crippen LogP contribution is -2.32. The van der Waals surface area contributed by atoms with Gasteiger partial charge in [0.2, 0.25) is 0 Å². The second kappa shape index (κ2) is 26.4. The van der Waals surface area contributed by atoms with E-state index in [9.17, 15) is 14.4 Å². The summed E-state index contributed by atoms with van der Waals surface area (Å²) in [6.45, 7) is 17.4. The second-order valence-corrected chi connectivity index (χ2v) is 13.4. The van der Waals surface area contributed by atoms with Crippen molar-refractivity contribution in [3.05, 3.63) is 94.5 Å². The molecular weight excluding hydrogens is 632 g/mol. The van der Waals surface area contributed by atoms with Crippen molar-refractivity contribution in [2.45, 2.75) is 94.4 Å². The molecule has 0 spiro atoms. The number of hydrogen-bond donors (Lipinski definition) is 2. The van der Waals surface area contributed by atoms with Crippen molar-refractivity contribution in [2.75, 3.05) is 33.1 Å². The molecule has 1 aliphatic rings. The van der Waals surface area contributed by atoms with Crippen molar-refractivity contribution in [3.8, 4) is 5.75 Å². The van der Waals surface area contributed by atoms with Crippen LogP contribution in [0.25, 0.3) is 0 Å². The van der Waals surface area contributed by atoms with Crippen molar-refractivity contribution < 1.29 is 19.5 Å². The Morgan fingerprint density at radius 3 is 1.73 bits per heavy atom. The highest BCUT2D eigenvalue weighted by molar-refractivity contribution is 6.33. The van der Waals surface area contributed by atoms with E-state index in [0.29, 0.717) is 30.9 Å². The number of phenolic OH excluding ortho intramolecular Hbond substituents is 1. The van der Waals surface area contributed by atoms with Gasteiger partial charge in [-0.25, -0.2) is 0 Å². The third-order valence-electron chi connectivity index (χ3n) is 8.12. The van der Waals surface area contributed by atoms with Gasteiger partial charge in [0, 0.05) is 38.8 Å². The molecule has 6 nitrogen and oxygen atoms in total. The molecule has 1 aliphatic carbocycles. The summed E-state index contributed by atoms with van der Waals surface area (Å²) in [5, 5.41) is 12.3. The molecule has 0 radical (unpaired) electrons. The lowest BCUT2D eigenvalue weighted by Gasteiger charge is -2.30. The third-order valence-corrected chi connectivity index (χ3v) is 8.44. The van der Waals surface area contributed by atoms with Crippen LogP contribution in [0.4, 0.5) is 5.69 Å². The number of aromatic hydroxyl groups is 1. The monoisotopic (exact) mass is 696 g/mol. The number of nitrogens with one attached hydrogen (secondary N) is 1. The Bertz CT molecular complexity index is 1320. The predicted octanol–water partition coefficient (Wildman–Crippen LogP) is 9.96. The fraction of sp³-hybridized carbons (Fsp3) is 0.500. The summed E-state index contributed by atoms with van der Waals surface area (Å²) >= 11 is 6.01. The van der Waals surface area contributed by atoms with E-state index in [-0.39, 0.29) is 28.7 Å². The van der Waals surface area contributed by atoms with Crippen LogP contribution in [0.5, 0.6) is 5.75 Å². The zero-order chi connectivity index (χ0) is 38.2. The quantitative estimate of drug-likeness (QED) is 0.267. The lowest BCUT2D eigenvalue weighted by atomic mass is 9.72. The summed E-state index contributed by atoms with van der Waals surface area (Å²) in [5.41, 5.74) is 4.61. The van der Waals surface area contributed by atoms with Gasteiger partial charge >= 0.3 is 0 Å². The Balaban J connectivity index is 0. The zero-order valence-electron chi connectivity index (χ0n) is 32.6. The summed E-state index contributed by atoms with van der Waals surface area (Å²) in [4.78, 5) is 34.6. The molecule has 3 aromatic carbocycles. The van der Waals surface area contributed by atoms with Gasteiger partial charge in [-0.15, -0.1) is 0 Å². The van der Waals surface area contributed by atoms with E-state index in [1.807, 2.05) is 78.1 Å². The standard InChI is InChI=1S/C11H18O2.C10H14ClN.C8H10.C7H8O.C4H8O.C2H7N/c1-7(2)10-5-9(13)6-11(10,4)8(3)12;1-4-8-5-6-9(11)10(7-8)12(2)3;1-2-8-6-4-3-5-7-8;1-6-2-4-7(8)5-3-6;1-3-4(2)5;1-3-2/h7,10H,5-6H2,1-4H3;5-7H,4H2,1-3H3;3-7H,2H2,1H3;2-5,8H,1H3;3H2,1-2H3;3H,1-2H3. The average molecular weight is 697 g/mol. The first-order chi connectivity index (χ1) is 22.9. The fourth-order valence-corrected chi connectivity index (χ4v) is 5.11. The van der Waals surface area contributed by atoms with Gasteiger partial charge in [0.25, 0.3) is 0 Å². The van der Waals surface area contributed by atoms with Crippen LogP contribution < -0.4 is 10.2 Å². The van der Waals surface area contributed by atoms with E-state index in [2.05, 4.69) is 69.4 Å². The molecule has 0 aliphatic heterocycles. The van der Waals surface area contributed by atoms with Crippen molar-refractivity contribution in [3.63, 3.8) is 0 Å². The number of aryl methyl sites for hydroxylation is 3. The summed E-state index contributed by atoms with van der Waals surface area (Å²) < 4.78 is 0. The van der Waals surface area contributed by atoms with E-state index >= 15 is 0 Å². The maximum atomic E-state index is 11.5. The molecule has 1 fully saturated rings. The molecule has 274 valence electrons. The highest BCUT2D eigenvalue weighted by Crippen LogP contribution is 2.45. The van der Waals surface area contributed by atoms with Crippen LogP contribution in [0.2, 0.25) is 5.02 Å². The van der Waals surface area contributed by atoms with Crippen LogP contribution in [0, 0.1) is 24.2 Å². The molecule has 0 bridgehead atoms. The van der Waals surface area contributed by atoms with Crippen LogP contribution in [-0.4, -0.2) is 50.6 Å². The number of anilines is 1. The van der Waals surface area contributed by atoms with Gasteiger partial charge in [-0.3, -0.25) is 9.59 Å². The number of nitrogens with zero attached hydrogens (tertiary/aromatic N) is 1. The minimum absolute atomic E-state index is 0.164. The van der Waals surface area contributed by atoms with Crippen LogP contribution in [0.3, 0.4) is 0 Å². The summed E-state index contributed by atoms with van der Waals surface area (Å²) in [6, 6.07) is 23.7. The molecular formula is C42H65ClN2O4. The molecule has 49 heavy (non-hydrogen) atoms. The number of carbonyl (C=O) groups excluding carboxylic acids is 3. The first-order valence-electron chi connectivity index (χ1n) is 17.3. The van der Waals surface area contributed by atoms with Crippen molar-refractivity contribution in [2.24, 2.45) is 17.3 Å². The summed E-state index contributed by atoms with van der Waals surface area (Å²) in [6.07, 6.45) is 3.90. The van der Waals surface area contributed by atoms with Gasteiger partial charge < -0.3 is 20.1 Å². The minimum Gasteiger partial charge on any atom is -0.508 e. The lowest BCUT2D eigenvalue weighted by molar-refractivity contribution is -0.129. The van der Waals surface area contributed by atoms with E-state index in [4.69, 9.17) is 16.7 Å². The first kappa shape index (κ1) is 47.6. The molecule has 1 saturated carbocycles. The summed E-state index contributed by atoms with van der Waals surface area (Å²) in [7, 11) is 7.75. The molecule has 0 aromatic heterocycles. The Morgan fingerprint density at radius 2 is 1.41 bits per heavy atom. The SMILES string of the molecule is CC(=O)C1(C)CC(=O)CC1C(C)C.CCC(C)=O.CCc1ccc(Cl)c(N(C)C)c1.CCc1ccccc1.CNC.Cc1ccc(O)cc1. The van der Waals surface area contributed by atoms with Gasteiger partial charge in [0.15, 0.2) is 0 Å². The molecule has 2 N–H and O–H groups in total. The minimum atomic E-state index is -0.384. The van der Waals surface area contributed by atoms with E-state index in [1.54, 1.807) is 26.0 Å². The number of rotatable bonds is 6. The molecule has 0 heterocycles. The molecule has 0 amide bonds. The van der Waals surface area contributed by atoms with Crippen molar-refractivity contribution in [1.82, 2.24) is 5.32 Å². The molecule has 4 rings (SSSR count). The summed E-state index contributed by atoms with van der Waals surface area (Å²) in [5.74, 6) is 1.66. The number of Topliss-reactive ketones (excluding diaryl/α,β-unsaturated/α-hetero) is 3. The molecule has 2 atom stereocenters. The number of hydrogen-bond acceptors (Lipinski definition) is 6. The Kier molecular flexibility index (Phi) is 25.7. The normalized spacial score (nSPS) is 15.7. The van der Waals surface area contributed by atoms with Gasteiger partial charge in [-0.05, 0) is 94.9 Å². The Hall–Kier alpha value is -3.48. The molecule has 2 unspecified atom stereocenters. The van der Waals surface area contributed by atoms with Gasteiger partial charge in [-0.1, -0.05) is 107 Å². The topological polar surface area (TPSA) is 86.7 Å². The van der Waals surface area contributed by atoms with Crippen LogP contribution in [-0.2, 0) is 27.2 Å². The van der Waals surface area contributed by atoms with Crippen molar-refractivity contribution >= 4 is 34.6 Å². The largest absolute Gasteiger partial charge is 0.508 e. The Morgan fingerprint density at radius 1 is 0.918 bits per heavy atom. The van der Waals surface area contributed by atoms with E-state index in [0.717, 1.165) is 23.6 Å². The second-order valence-electron chi connectivity index (χ2n) is 13.0.